The number of rotatable bonds is 4. The predicted octanol–water partition coefficient (Wildman–Crippen LogP) is 2.64. The van der Waals surface area contributed by atoms with Gasteiger partial charge in [0.2, 0.25) is 5.91 Å². The van der Waals surface area contributed by atoms with Crippen LogP contribution >= 0.6 is 0 Å². The summed E-state index contributed by atoms with van der Waals surface area (Å²) in [7, 11) is 0. The molecule has 0 spiro atoms. The van der Waals surface area contributed by atoms with Crippen molar-refractivity contribution in [2.45, 2.75) is 26.8 Å². The van der Waals surface area contributed by atoms with Gasteiger partial charge < -0.3 is 4.90 Å². The molecule has 0 radical (unpaired) electrons. The molecule has 0 unspecified atom stereocenters. The van der Waals surface area contributed by atoms with Gasteiger partial charge in [0.05, 0.1) is 6.54 Å². The van der Waals surface area contributed by atoms with Crippen molar-refractivity contribution in [3.8, 4) is 0 Å². The molecule has 1 saturated heterocycles. The zero-order chi connectivity index (χ0) is 14.5. The third kappa shape index (κ3) is 3.94. The minimum atomic E-state index is 0.249. The van der Waals surface area contributed by atoms with Gasteiger partial charge in [0.15, 0.2) is 0 Å². The maximum Gasteiger partial charge on any atom is 0.237 e. The van der Waals surface area contributed by atoms with Crippen LogP contribution in [0, 0.1) is 0 Å². The fourth-order valence-electron chi connectivity index (χ4n) is 2.65. The van der Waals surface area contributed by atoms with Crippen LogP contribution in [0.1, 0.15) is 26.3 Å². The van der Waals surface area contributed by atoms with Crippen LogP contribution in [0.5, 0.6) is 0 Å². The summed E-state index contributed by atoms with van der Waals surface area (Å²) in [5.41, 5.74) is 2.51. The lowest BCUT2D eigenvalue weighted by atomic mass is 10.1. The van der Waals surface area contributed by atoms with E-state index in [1.54, 1.807) is 0 Å². The fourth-order valence-corrected chi connectivity index (χ4v) is 2.65. The molecule has 108 valence electrons. The summed E-state index contributed by atoms with van der Waals surface area (Å²) in [5.74, 6) is 0.249. The molecule has 1 heterocycles. The number of amides is 1. The largest absolute Gasteiger partial charge is 0.338 e. The van der Waals surface area contributed by atoms with Gasteiger partial charge in [0.1, 0.15) is 0 Å². The topological polar surface area (TPSA) is 23.6 Å². The second kappa shape index (κ2) is 6.71. The van der Waals surface area contributed by atoms with Gasteiger partial charge in [-0.05, 0) is 26.3 Å². The molecule has 20 heavy (non-hydrogen) atoms. The Morgan fingerprint density at radius 1 is 1.25 bits per heavy atom. The van der Waals surface area contributed by atoms with Crippen molar-refractivity contribution < 1.29 is 4.79 Å². The van der Waals surface area contributed by atoms with Crippen LogP contribution in [0.2, 0.25) is 0 Å². The van der Waals surface area contributed by atoms with E-state index < -0.39 is 0 Å². The molecular weight excluding hydrogens is 248 g/mol. The van der Waals surface area contributed by atoms with E-state index in [2.05, 4.69) is 43.9 Å². The van der Waals surface area contributed by atoms with Gasteiger partial charge >= 0.3 is 0 Å². The standard InChI is InChI=1S/C17H24N2O/c1-14(2)19-10-9-18(13-17(19)20)12-15(3)11-16-7-5-4-6-8-16/h4-8,11,14H,9-10,12-13H2,1-3H3/b15-11+. The van der Waals surface area contributed by atoms with Gasteiger partial charge in [0.25, 0.3) is 0 Å². The quantitative estimate of drug-likeness (QED) is 0.841. The number of hydrogen-bond acceptors (Lipinski definition) is 2. The average Bonchev–Trinajstić information content (AvgIpc) is 2.39. The molecule has 3 nitrogen and oxygen atoms in total. The van der Waals surface area contributed by atoms with Crippen LogP contribution in [0.25, 0.3) is 6.08 Å². The molecule has 1 fully saturated rings. The van der Waals surface area contributed by atoms with E-state index >= 15 is 0 Å². The molecule has 0 aromatic heterocycles. The molecule has 0 atom stereocenters. The summed E-state index contributed by atoms with van der Waals surface area (Å²) in [6.07, 6.45) is 2.19. The van der Waals surface area contributed by atoms with Crippen molar-refractivity contribution >= 4 is 12.0 Å². The maximum absolute atomic E-state index is 12.1. The summed E-state index contributed by atoms with van der Waals surface area (Å²) in [6.45, 7) is 9.50. The first-order chi connectivity index (χ1) is 9.56. The Hall–Kier alpha value is -1.61. The van der Waals surface area contributed by atoms with Gasteiger partial charge in [-0.25, -0.2) is 0 Å². The summed E-state index contributed by atoms with van der Waals surface area (Å²) in [4.78, 5) is 16.2. The third-order valence-electron chi connectivity index (χ3n) is 3.65. The molecule has 3 heteroatoms. The first-order valence-electron chi connectivity index (χ1n) is 7.30. The molecule has 0 bridgehead atoms. The minimum Gasteiger partial charge on any atom is -0.338 e. The molecule has 1 aromatic rings. The number of piperazine rings is 1. The van der Waals surface area contributed by atoms with Gasteiger partial charge in [-0.1, -0.05) is 42.0 Å². The second-order valence-corrected chi connectivity index (χ2v) is 5.79. The summed E-state index contributed by atoms with van der Waals surface area (Å²) in [6, 6.07) is 10.6. The molecule has 1 aliphatic heterocycles. The van der Waals surface area contributed by atoms with Gasteiger partial charge in [-0.15, -0.1) is 0 Å². The SMILES string of the molecule is C/C(=C\c1ccccc1)CN1CCN(C(C)C)C(=O)C1. The lowest BCUT2D eigenvalue weighted by Crippen LogP contribution is -2.52. The van der Waals surface area contributed by atoms with Crippen molar-refractivity contribution in [1.82, 2.24) is 9.80 Å². The van der Waals surface area contributed by atoms with Crippen molar-refractivity contribution in [3.63, 3.8) is 0 Å². The highest BCUT2D eigenvalue weighted by molar-refractivity contribution is 5.79. The van der Waals surface area contributed by atoms with Crippen LogP contribution in [-0.4, -0.2) is 47.9 Å². The molecule has 2 rings (SSSR count). The van der Waals surface area contributed by atoms with Crippen LogP contribution in [0.15, 0.2) is 35.9 Å². The summed E-state index contributed by atoms with van der Waals surface area (Å²) < 4.78 is 0. The summed E-state index contributed by atoms with van der Waals surface area (Å²) in [5, 5.41) is 0. The van der Waals surface area contributed by atoms with E-state index in [9.17, 15) is 4.79 Å². The van der Waals surface area contributed by atoms with Gasteiger partial charge in [-0.2, -0.15) is 0 Å². The Morgan fingerprint density at radius 3 is 2.55 bits per heavy atom. The van der Waals surface area contributed by atoms with Crippen molar-refractivity contribution in [2.24, 2.45) is 0 Å². The molecule has 1 aromatic carbocycles. The number of nitrogens with zero attached hydrogens (tertiary/aromatic N) is 2. The van der Waals surface area contributed by atoms with E-state index in [-0.39, 0.29) is 5.91 Å². The Balaban J connectivity index is 1.92. The first-order valence-corrected chi connectivity index (χ1v) is 7.30. The Bertz CT molecular complexity index is 479. The van der Waals surface area contributed by atoms with Gasteiger partial charge in [-0.3, -0.25) is 9.69 Å². The Kier molecular flexibility index (Phi) is 4.96. The lowest BCUT2D eigenvalue weighted by molar-refractivity contribution is -0.137. The van der Waals surface area contributed by atoms with Crippen molar-refractivity contribution in [2.75, 3.05) is 26.2 Å². The Morgan fingerprint density at radius 2 is 1.95 bits per heavy atom. The zero-order valence-electron chi connectivity index (χ0n) is 12.7. The third-order valence-corrected chi connectivity index (χ3v) is 3.65. The van der Waals surface area contributed by atoms with Crippen LogP contribution in [0.4, 0.5) is 0 Å². The van der Waals surface area contributed by atoms with E-state index in [1.165, 1.54) is 11.1 Å². The number of carbonyl (C=O) groups is 1. The monoisotopic (exact) mass is 272 g/mol. The smallest absolute Gasteiger partial charge is 0.237 e. The molecule has 0 aliphatic carbocycles. The maximum atomic E-state index is 12.1. The van der Waals surface area contributed by atoms with Crippen LogP contribution in [-0.2, 0) is 4.79 Å². The molecule has 1 amide bonds. The number of carbonyl (C=O) groups excluding carboxylic acids is 1. The van der Waals surface area contributed by atoms with E-state index in [0.29, 0.717) is 12.6 Å². The highest BCUT2D eigenvalue weighted by atomic mass is 16.2. The van der Waals surface area contributed by atoms with E-state index in [4.69, 9.17) is 0 Å². The molecule has 1 aliphatic rings. The Labute approximate surface area is 121 Å². The van der Waals surface area contributed by atoms with Crippen molar-refractivity contribution in [3.05, 3.63) is 41.5 Å². The number of benzene rings is 1. The van der Waals surface area contributed by atoms with E-state index in [1.807, 2.05) is 23.1 Å². The molecule has 0 saturated carbocycles. The van der Waals surface area contributed by atoms with Crippen LogP contribution < -0.4 is 0 Å². The van der Waals surface area contributed by atoms with Crippen LogP contribution in [0.3, 0.4) is 0 Å². The normalized spacial score (nSPS) is 17.9. The zero-order valence-corrected chi connectivity index (χ0v) is 12.7. The van der Waals surface area contributed by atoms with E-state index in [0.717, 1.165) is 19.6 Å². The molecule has 0 N–H and O–H groups in total. The average molecular weight is 272 g/mol. The van der Waals surface area contributed by atoms with Gasteiger partial charge in [0, 0.05) is 25.7 Å². The first kappa shape index (κ1) is 14.8. The fraction of sp³-hybridized carbons (Fsp3) is 0.471. The number of hydrogen-bond donors (Lipinski definition) is 0. The predicted molar refractivity (Wildman–Crippen MR) is 83.4 cm³/mol. The minimum absolute atomic E-state index is 0.249. The van der Waals surface area contributed by atoms with Crippen molar-refractivity contribution in [1.29, 1.82) is 0 Å². The molecular formula is C17H24N2O. The summed E-state index contributed by atoms with van der Waals surface area (Å²) >= 11 is 0. The highest BCUT2D eigenvalue weighted by Gasteiger charge is 2.25. The lowest BCUT2D eigenvalue weighted by Gasteiger charge is -2.36. The highest BCUT2D eigenvalue weighted by Crippen LogP contribution is 2.11. The second-order valence-electron chi connectivity index (χ2n) is 5.79.